The SMILES string of the molecule is COc1cc(/C=C2\N=C(c3ccccc3Br)OC2=O)cc(Cl)c1OCc1ccccc1F. The second-order valence-electron chi connectivity index (χ2n) is 6.73. The van der Waals surface area contributed by atoms with Gasteiger partial charge in [0, 0.05) is 10.0 Å². The second kappa shape index (κ2) is 9.54. The van der Waals surface area contributed by atoms with Crippen LogP contribution in [0.4, 0.5) is 4.39 Å². The predicted octanol–water partition coefficient (Wildman–Crippen LogP) is 6.17. The van der Waals surface area contributed by atoms with E-state index in [0.717, 1.165) is 4.47 Å². The first-order chi connectivity index (χ1) is 15.5. The standard InChI is InChI=1S/C24H16BrClFNO4/c1-30-21-12-14(10-18(26)22(21)31-13-15-6-2-5-9-19(15)27)11-20-24(29)32-23(28-20)16-7-3-4-8-17(16)25/h2-12H,13H2,1H3/b20-11-. The molecule has 4 rings (SSSR count). The number of halogens is 3. The molecule has 5 nitrogen and oxygen atoms in total. The maximum Gasteiger partial charge on any atom is 0.363 e. The van der Waals surface area contributed by atoms with Crippen molar-refractivity contribution in [3.05, 3.63) is 98.4 Å². The fourth-order valence-corrected chi connectivity index (χ4v) is 3.77. The summed E-state index contributed by atoms with van der Waals surface area (Å²) in [5.74, 6) is -0.141. The average Bonchev–Trinajstić information content (AvgIpc) is 3.14. The minimum atomic E-state index is -0.578. The van der Waals surface area contributed by atoms with Crippen molar-refractivity contribution in [2.45, 2.75) is 6.61 Å². The molecule has 3 aromatic rings. The van der Waals surface area contributed by atoms with Crippen LogP contribution in [0.5, 0.6) is 11.5 Å². The zero-order valence-electron chi connectivity index (χ0n) is 16.8. The third-order valence-electron chi connectivity index (χ3n) is 4.61. The molecule has 1 aliphatic rings. The molecule has 162 valence electrons. The van der Waals surface area contributed by atoms with Gasteiger partial charge in [0.25, 0.3) is 0 Å². The van der Waals surface area contributed by atoms with Gasteiger partial charge in [-0.25, -0.2) is 14.2 Å². The van der Waals surface area contributed by atoms with Gasteiger partial charge in [-0.15, -0.1) is 0 Å². The molecule has 0 radical (unpaired) electrons. The lowest BCUT2D eigenvalue weighted by Crippen LogP contribution is -2.05. The molecule has 1 aliphatic heterocycles. The number of rotatable bonds is 6. The van der Waals surface area contributed by atoms with Gasteiger partial charge >= 0.3 is 5.97 Å². The maximum absolute atomic E-state index is 13.9. The van der Waals surface area contributed by atoms with Crippen LogP contribution < -0.4 is 9.47 Å². The number of cyclic esters (lactones) is 1. The summed E-state index contributed by atoms with van der Waals surface area (Å²) in [5.41, 5.74) is 1.74. The molecule has 0 aromatic heterocycles. The highest BCUT2D eigenvalue weighted by atomic mass is 79.9. The van der Waals surface area contributed by atoms with Crippen molar-refractivity contribution in [3.63, 3.8) is 0 Å². The number of carbonyl (C=O) groups excluding carboxylic acids is 1. The molecule has 1 heterocycles. The van der Waals surface area contributed by atoms with Gasteiger partial charge in [-0.05, 0) is 57.9 Å². The van der Waals surface area contributed by atoms with Crippen LogP contribution in [0.1, 0.15) is 16.7 Å². The molecular formula is C24H16BrClFNO4. The molecule has 0 N–H and O–H groups in total. The van der Waals surface area contributed by atoms with Gasteiger partial charge in [0.05, 0.1) is 17.7 Å². The predicted molar refractivity (Wildman–Crippen MR) is 123 cm³/mol. The molecular weight excluding hydrogens is 501 g/mol. The minimum absolute atomic E-state index is 0.0187. The number of ether oxygens (including phenoxy) is 3. The lowest BCUT2D eigenvalue weighted by molar-refractivity contribution is -0.129. The van der Waals surface area contributed by atoms with Crippen LogP contribution in [0.3, 0.4) is 0 Å². The van der Waals surface area contributed by atoms with Crippen LogP contribution in [0.25, 0.3) is 6.08 Å². The van der Waals surface area contributed by atoms with Crippen molar-refractivity contribution in [3.8, 4) is 11.5 Å². The smallest absolute Gasteiger partial charge is 0.363 e. The monoisotopic (exact) mass is 515 g/mol. The van der Waals surface area contributed by atoms with Gasteiger partial charge in [-0.1, -0.05) is 41.9 Å². The second-order valence-corrected chi connectivity index (χ2v) is 7.99. The Morgan fingerprint density at radius 2 is 1.91 bits per heavy atom. The van der Waals surface area contributed by atoms with Gasteiger partial charge in [-0.2, -0.15) is 0 Å². The summed E-state index contributed by atoms with van der Waals surface area (Å²) in [6.07, 6.45) is 1.54. The summed E-state index contributed by atoms with van der Waals surface area (Å²) in [5, 5.41) is 0.244. The van der Waals surface area contributed by atoms with E-state index in [0.29, 0.717) is 22.4 Å². The number of esters is 1. The summed E-state index contributed by atoms with van der Waals surface area (Å²) in [4.78, 5) is 16.6. The van der Waals surface area contributed by atoms with E-state index in [2.05, 4.69) is 20.9 Å². The Morgan fingerprint density at radius 1 is 1.16 bits per heavy atom. The van der Waals surface area contributed by atoms with Gasteiger partial charge in [0.1, 0.15) is 12.4 Å². The Balaban J connectivity index is 1.61. The number of nitrogens with zero attached hydrogens (tertiary/aromatic N) is 1. The highest BCUT2D eigenvalue weighted by Crippen LogP contribution is 2.38. The molecule has 0 atom stereocenters. The first-order valence-corrected chi connectivity index (χ1v) is 10.6. The Kier molecular flexibility index (Phi) is 6.58. The lowest BCUT2D eigenvalue weighted by Gasteiger charge is -2.13. The van der Waals surface area contributed by atoms with E-state index < -0.39 is 5.97 Å². The van der Waals surface area contributed by atoms with Gasteiger partial charge in [0.2, 0.25) is 5.90 Å². The zero-order valence-corrected chi connectivity index (χ0v) is 19.1. The molecule has 32 heavy (non-hydrogen) atoms. The summed E-state index contributed by atoms with van der Waals surface area (Å²) in [6, 6.07) is 16.9. The number of aliphatic imine (C=N–C) groups is 1. The highest BCUT2D eigenvalue weighted by Gasteiger charge is 2.25. The average molecular weight is 517 g/mol. The quantitative estimate of drug-likeness (QED) is 0.290. The van der Waals surface area contributed by atoms with Crippen molar-refractivity contribution in [1.82, 2.24) is 0 Å². The summed E-state index contributed by atoms with van der Waals surface area (Å²) in [7, 11) is 1.46. The van der Waals surface area contributed by atoms with Gasteiger partial charge in [-0.3, -0.25) is 0 Å². The van der Waals surface area contributed by atoms with Crippen molar-refractivity contribution in [1.29, 1.82) is 0 Å². The largest absolute Gasteiger partial charge is 0.493 e. The first-order valence-electron chi connectivity index (χ1n) is 9.47. The fourth-order valence-electron chi connectivity index (χ4n) is 3.05. The summed E-state index contributed by atoms with van der Waals surface area (Å²) < 4.78 is 31.1. The Bertz CT molecular complexity index is 1260. The molecule has 0 amide bonds. The highest BCUT2D eigenvalue weighted by molar-refractivity contribution is 9.10. The maximum atomic E-state index is 13.9. The molecule has 0 aliphatic carbocycles. The van der Waals surface area contributed by atoms with E-state index in [1.165, 1.54) is 13.2 Å². The van der Waals surface area contributed by atoms with Crippen LogP contribution in [0.2, 0.25) is 5.02 Å². The molecule has 0 unspecified atom stereocenters. The molecule has 0 saturated heterocycles. The third-order valence-corrected chi connectivity index (χ3v) is 5.58. The summed E-state index contributed by atoms with van der Waals surface area (Å²) >= 11 is 9.82. The molecule has 3 aromatic carbocycles. The van der Waals surface area contributed by atoms with E-state index in [-0.39, 0.29) is 34.8 Å². The summed E-state index contributed by atoms with van der Waals surface area (Å²) in [6.45, 7) is -0.0187. The van der Waals surface area contributed by atoms with Crippen LogP contribution in [-0.4, -0.2) is 19.0 Å². The molecule has 0 bridgehead atoms. The van der Waals surface area contributed by atoms with Gasteiger partial charge < -0.3 is 14.2 Å². The van der Waals surface area contributed by atoms with E-state index in [1.807, 2.05) is 18.2 Å². The van der Waals surface area contributed by atoms with Crippen molar-refractivity contribution in [2.75, 3.05) is 7.11 Å². The van der Waals surface area contributed by atoms with E-state index in [9.17, 15) is 9.18 Å². The number of hydrogen-bond acceptors (Lipinski definition) is 5. The number of benzene rings is 3. The van der Waals surface area contributed by atoms with Crippen LogP contribution >= 0.6 is 27.5 Å². The zero-order chi connectivity index (χ0) is 22.7. The molecule has 0 spiro atoms. The van der Waals surface area contributed by atoms with Gasteiger partial charge in [0.15, 0.2) is 17.2 Å². The topological polar surface area (TPSA) is 57.1 Å². The normalized spacial score (nSPS) is 14.3. The lowest BCUT2D eigenvalue weighted by atomic mass is 10.1. The van der Waals surface area contributed by atoms with E-state index in [4.69, 9.17) is 25.8 Å². The molecule has 0 fully saturated rings. The Labute approximate surface area is 197 Å². The van der Waals surface area contributed by atoms with Crippen molar-refractivity contribution in [2.24, 2.45) is 4.99 Å². The first kappa shape index (κ1) is 22.0. The van der Waals surface area contributed by atoms with Crippen LogP contribution in [0, 0.1) is 5.82 Å². The number of methoxy groups -OCH3 is 1. The van der Waals surface area contributed by atoms with E-state index in [1.54, 1.807) is 42.5 Å². The molecule has 8 heteroatoms. The fraction of sp³-hybridized carbons (Fsp3) is 0.0833. The van der Waals surface area contributed by atoms with E-state index >= 15 is 0 Å². The van der Waals surface area contributed by atoms with Crippen molar-refractivity contribution >= 4 is 45.5 Å². The minimum Gasteiger partial charge on any atom is -0.493 e. The number of hydrogen-bond donors (Lipinski definition) is 0. The number of carbonyl (C=O) groups is 1. The van der Waals surface area contributed by atoms with Crippen LogP contribution in [-0.2, 0) is 16.1 Å². The third kappa shape index (κ3) is 4.69. The van der Waals surface area contributed by atoms with Crippen molar-refractivity contribution < 1.29 is 23.4 Å². The Hall–Kier alpha value is -3.16. The molecule has 0 saturated carbocycles. The van der Waals surface area contributed by atoms with Crippen LogP contribution in [0.15, 0.2) is 75.8 Å². The Morgan fingerprint density at radius 3 is 2.66 bits per heavy atom.